The fourth-order valence-corrected chi connectivity index (χ4v) is 1.68. The first-order valence-electron chi connectivity index (χ1n) is 4.82. The number of rotatable bonds is 4. The van der Waals surface area contributed by atoms with Crippen molar-refractivity contribution in [1.82, 2.24) is 5.32 Å². The average Bonchev–Trinajstić information content (AvgIpc) is 2.17. The molecule has 0 spiro atoms. The molecule has 2 N–H and O–H groups in total. The Bertz CT molecular complexity index is 330. The number of aliphatic hydroxyl groups excluding tert-OH is 1. The van der Waals surface area contributed by atoms with Gasteiger partial charge in [0.25, 0.3) is 0 Å². The summed E-state index contributed by atoms with van der Waals surface area (Å²) in [6.45, 7) is 1.87. The third kappa shape index (κ3) is 3.16. The van der Waals surface area contributed by atoms with Crippen molar-refractivity contribution in [2.45, 2.75) is 19.2 Å². The lowest BCUT2D eigenvalue weighted by molar-refractivity contribution is 0.178. The van der Waals surface area contributed by atoms with Crippen molar-refractivity contribution in [2.24, 2.45) is 0 Å². The highest BCUT2D eigenvalue weighted by molar-refractivity contribution is 6.31. The van der Waals surface area contributed by atoms with E-state index in [0.717, 1.165) is 0 Å². The van der Waals surface area contributed by atoms with Crippen LogP contribution in [-0.2, 0) is 0 Å². The number of aliphatic hydroxyl groups is 1. The molecule has 0 aromatic heterocycles. The molecule has 1 aromatic rings. The molecule has 2 nitrogen and oxygen atoms in total. The molecule has 0 amide bonds. The first-order chi connectivity index (χ1) is 7.06. The van der Waals surface area contributed by atoms with E-state index < -0.39 is 12.3 Å². The summed E-state index contributed by atoms with van der Waals surface area (Å²) in [5.74, 6) is 0. The highest BCUT2D eigenvalue weighted by Crippen LogP contribution is 2.27. The Morgan fingerprint density at radius 2 is 2.20 bits per heavy atom. The second kappa shape index (κ2) is 5.45. The van der Waals surface area contributed by atoms with Crippen molar-refractivity contribution in [1.29, 1.82) is 0 Å². The van der Waals surface area contributed by atoms with Crippen LogP contribution in [0, 0.1) is 0 Å². The maximum absolute atomic E-state index is 13.0. The Balaban J connectivity index is 2.92. The van der Waals surface area contributed by atoms with Gasteiger partial charge in [-0.1, -0.05) is 23.7 Å². The van der Waals surface area contributed by atoms with Gasteiger partial charge >= 0.3 is 0 Å². The summed E-state index contributed by atoms with van der Waals surface area (Å²) in [6.07, 6.45) is -1.70. The zero-order valence-electron chi connectivity index (χ0n) is 8.80. The quantitative estimate of drug-likeness (QED) is 0.835. The van der Waals surface area contributed by atoms with Gasteiger partial charge in [-0.25, -0.2) is 4.39 Å². The van der Waals surface area contributed by atoms with Crippen molar-refractivity contribution < 1.29 is 9.50 Å². The summed E-state index contributed by atoms with van der Waals surface area (Å²) in [7, 11) is 1.75. The molecule has 2 atom stereocenters. The molecule has 15 heavy (non-hydrogen) atoms. The van der Waals surface area contributed by atoms with Crippen molar-refractivity contribution in [3.8, 4) is 0 Å². The van der Waals surface area contributed by atoms with Crippen molar-refractivity contribution in [2.75, 3.05) is 13.6 Å². The molecule has 2 unspecified atom stereocenters. The third-order valence-corrected chi connectivity index (χ3v) is 2.57. The molecular weight excluding hydrogens is 217 g/mol. The SMILES string of the molecule is CNCC(O)c1ccc(C(C)F)cc1Cl. The molecular formula is C11H15ClFNO. The molecule has 0 saturated carbocycles. The largest absolute Gasteiger partial charge is 0.387 e. The van der Waals surface area contributed by atoms with Gasteiger partial charge in [0.05, 0.1) is 6.10 Å². The summed E-state index contributed by atoms with van der Waals surface area (Å²) in [5, 5.41) is 12.9. The minimum absolute atomic E-state index is 0.403. The Morgan fingerprint density at radius 3 is 2.67 bits per heavy atom. The number of hydrogen-bond acceptors (Lipinski definition) is 2. The molecule has 0 heterocycles. The minimum atomic E-state index is -1.04. The number of halogens is 2. The molecule has 0 aliphatic heterocycles. The Labute approximate surface area is 94.1 Å². The van der Waals surface area contributed by atoms with E-state index in [2.05, 4.69) is 5.32 Å². The van der Waals surface area contributed by atoms with Gasteiger partial charge in [0.1, 0.15) is 6.17 Å². The van der Waals surface area contributed by atoms with Crippen molar-refractivity contribution in [3.63, 3.8) is 0 Å². The van der Waals surface area contributed by atoms with Crippen LogP contribution in [0.15, 0.2) is 18.2 Å². The van der Waals surface area contributed by atoms with Crippen LogP contribution in [0.3, 0.4) is 0 Å². The monoisotopic (exact) mass is 231 g/mol. The predicted molar refractivity (Wildman–Crippen MR) is 59.9 cm³/mol. The van der Waals surface area contributed by atoms with Crippen LogP contribution in [-0.4, -0.2) is 18.7 Å². The summed E-state index contributed by atoms with van der Waals surface area (Å²) in [5.41, 5.74) is 1.15. The predicted octanol–water partition coefficient (Wildman–Crippen LogP) is 2.62. The maximum Gasteiger partial charge on any atom is 0.122 e. The molecule has 0 aliphatic rings. The van der Waals surface area contributed by atoms with E-state index in [9.17, 15) is 9.50 Å². The molecule has 0 aliphatic carbocycles. The fraction of sp³-hybridized carbons (Fsp3) is 0.455. The molecule has 0 fully saturated rings. The molecule has 0 bridgehead atoms. The molecule has 1 aromatic carbocycles. The number of nitrogens with one attached hydrogen (secondary N) is 1. The van der Waals surface area contributed by atoms with Gasteiger partial charge in [0.15, 0.2) is 0 Å². The normalized spacial score (nSPS) is 15.0. The maximum atomic E-state index is 13.0. The lowest BCUT2D eigenvalue weighted by Gasteiger charge is -2.13. The molecule has 0 radical (unpaired) electrons. The first-order valence-corrected chi connectivity index (χ1v) is 5.20. The van der Waals surface area contributed by atoms with E-state index in [1.807, 2.05) is 0 Å². The van der Waals surface area contributed by atoms with Crippen molar-refractivity contribution in [3.05, 3.63) is 34.3 Å². The highest BCUT2D eigenvalue weighted by Gasteiger charge is 2.12. The lowest BCUT2D eigenvalue weighted by atomic mass is 10.0. The van der Waals surface area contributed by atoms with Gasteiger partial charge < -0.3 is 10.4 Å². The van der Waals surface area contributed by atoms with Gasteiger partial charge in [0, 0.05) is 17.1 Å². The van der Waals surface area contributed by atoms with E-state index in [1.165, 1.54) is 6.92 Å². The second-order valence-corrected chi connectivity index (χ2v) is 3.88. The van der Waals surface area contributed by atoms with E-state index in [4.69, 9.17) is 11.6 Å². The van der Waals surface area contributed by atoms with Crippen LogP contribution in [0.4, 0.5) is 4.39 Å². The van der Waals surface area contributed by atoms with E-state index in [1.54, 1.807) is 25.2 Å². The summed E-state index contributed by atoms with van der Waals surface area (Å²) < 4.78 is 13.0. The number of hydrogen-bond donors (Lipinski definition) is 2. The summed E-state index contributed by atoms with van der Waals surface area (Å²) in [4.78, 5) is 0. The van der Waals surface area contributed by atoms with Crippen LogP contribution >= 0.6 is 11.6 Å². The minimum Gasteiger partial charge on any atom is -0.387 e. The number of alkyl halides is 1. The van der Waals surface area contributed by atoms with Gasteiger partial charge in [0.2, 0.25) is 0 Å². The summed E-state index contributed by atoms with van der Waals surface area (Å²) >= 11 is 5.95. The van der Waals surface area contributed by atoms with E-state index in [-0.39, 0.29) is 0 Å². The average molecular weight is 232 g/mol. The molecule has 0 saturated heterocycles. The standard InChI is InChI=1S/C11H15ClFNO/c1-7(13)8-3-4-9(10(12)5-8)11(15)6-14-2/h3-5,7,11,14-15H,6H2,1-2H3. The van der Waals surface area contributed by atoms with Crippen molar-refractivity contribution >= 4 is 11.6 Å². The topological polar surface area (TPSA) is 32.3 Å². The Kier molecular flexibility index (Phi) is 4.51. The molecule has 4 heteroatoms. The smallest absolute Gasteiger partial charge is 0.122 e. The number of likely N-dealkylation sites (N-methyl/N-ethyl adjacent to an activating group) is 1. The lowest BCUT2D eigenvalue weighted by Crippen LogP contribution is -2.17. The van der Waals surface area contributed by atoms with E-state index >= 15 is 0 Å². The van der Waals surface area contributed by atoms with Crippen LogP contribution in [0.25, 0.3) is 0 Å². The van der Waals surface area contributed by atoms with Crippen LogP contribution in [0.1, 0.15) is 30.3 Å². The zero-order valence-corrected chi connectivity index (χ0v) is 9.55. The summed E-state index contributed by atoms with van der Waals surface area (Å²) in [6, 6.07) is 4.86. The van der Waals surface area contributed by atoms with Gasteiger partial charge in [-0.2, -0.15) is 0 Å². The van der Waals surface area contributed by atoms with Gasteiger partial charge in [-0.15, -0.1) is 0 Å². The second-order valence-electron chi connectivity index (χ2n) is 3.47. The number of benzene rings is 1. The van der Waals surface area contributed by atoms with Crippen LogP contribution in [0.2, 0.25) is 5.02 Å². The first kappa shape index (κ1) is 12.4. The van der Waals surface area contributed by atoms with Crippen LogP contribution < -0.4 is 5.32 Å². The Hall–Kier alpha value is -0.640. The zero-order chi connectivity index (χ0) is 11.4. The third-order valence-electron chi connectivity index (χ3n) is 2.24. The Morgan fingerprint density at radius 1 is 1.53 bits per heavy atom. The fourth-order valence-electron chi connectivity index (χ4n) is 1.36. The van der Waals surface area contributed by atoms with Gasteiger partial charge in [-0.3, -0.25) is 0 Å². The highest BCUT2D eigenvalue weighted by atomic mass is 35.5. The molecule has 84 valence electrons. The molecule has 1 rings (SSSR count). The van der Waals surface area contributed by atoms with Gasteiger partial charge in [-0.05, 0) is 25.6 Å². The van der Waals surface area contributed by atoms with Crippen LogP contribution in [0.5, 0.6) is 0 Å². The van der Waals surface area contributed by atoms with E-state index in [0.29, 0.717) is 22.7 Å².